The molecule has 2 heterocycles. The lowest BCUT2D eigenvalue weighted by Crippen LogP contribution is -2.08. The van der Waals surface area contributed by atoms with Crippen molar-refractivity contribution in [3.05, 3.63) is 54.5 Å². The molecule has 3 aromatic rings. The average Bonchev–Trinajstić information content (AvgIpc) is 2.97. The zero-order valence-electron chi connectivity index (χ0n) is 12.0. The van der Waals surface area contributed by atoms with Crippen molar-refractivity contribution < 1.29 is 9.90 Å². The minimum Gasteiger partial charge on any atom is -0.392 e. The predicted octanol–water partition coefficient (Wildman–Crippen LogP) is 1.80. The van der Waals surface area contributed by atoms with Gasteiger partial charge in [0.25, 0.3) is 0 Å². The van der Waals surface area contributed by atoms with Crippen molar-refractivity contribution in [1.29, 1.82) is 0 Å². The van der Waals surface area contributed by atoms with Gasteiger partial charge in [0.05, 0.1) is 18.3 Å². The van der Waals surface area contributed by atoms with Crippen molar-refractivity contribution in [3.8, 4) is 11.1 Å². The summed E-state index contributed by atoms with van der Waals surface area (Å²) in [5, 5.41) is 14.7. The predicted molar refractivity (Wildman–Crippen MR) is 91.3 cm³/mol. The molecular formula is C16H14N4O2S. The summed E-state index contributed by atoms with van der Waals surface area (Å²) in [5.41, 5.74) is 8.56. The number of amides is 1. The molecule has 0 spiro atoms. The molecule has 0 aliphatic rings. The Kier molecular flexibility index (Phi) is 4.14. The number of aromatic nitrogens is 3. The summed E-state index contributed by atoms with van der Waals surface area (Å²) in [5.74, 6) is -0.581. The van der Waals surface area contributed by atoms with Gasteiger partial charge in [-0.3, -0.25) is 9.78 Å². The molecule has 0 radical (unpaired) electrons. The molecule has 0 unspecified atom stereocenters. The maximum atomic E-state index is 11.0. The zero-order chi connectivity index (χ0) is 16.4. The van der Waals surface area contributed by atoms with E-state index in [1.807, 2.05) is 24.3 Å². The van der Waals surface area contributed by atoms with Gasteiger partial charge in [0, 0.05) is 29.4 Å². The first-order chi connectivity index (χ1) is 11.1. The molecule has 0 bridgehead atoms. The molecule has 0 atom stereocenters. The van der Waals surface area contributed by atoms with Crippen LogP contribution in [0.4, 0.5) is 0 Å². The van der Waals surface area contributed by atoms with Gasteiger partial charge in [-0.2, -0.15) is 5.10 Å². The Bertz CT molecular complexity index is 917. The lowest BCUT2D eigenvalue weighted by molar-refractivity contribution is -0.113. The number of rotatable bonds is 4. The third-order valence-corrected chi connectivity index (χ3v) is 3.69. The van der Waals surface area contributed by atoms with E-state index in [1.165, 1.54) is 10.8 Å². The number of primary amides is 1. The SMILES string of the molecule is NC(=O)/C=C(\S)n1ncc2cc(-c3cncc(CO)c3)ccc21. The van der Waals surface area contributed by atoms with Crippen molar-refractivity contribution >= 4 is 34.5 Å². The van der Waals surface area contributed by atoms with E-state index >= 15 is 0 Å². The molecule has 3 rings (SSSR count). The van der Waals surface area contributed by atoms with Gasteiger partial charge in [0.2, 0.25) is 5.91 Å². The summed E-state index contributed by atoms with van der Waals surface area (Å²) in [6.45, 7) is -0.0536. The molecule has 23 heavy (non-hydrogen) atoms. The fourth-order valence-electron chi connectivity index (χ4n) is 2.32. The molecule has 6 nitrogen and oxygen atoms in total. The van der Waals surface area contributed by atoms with E-state index in [0.29, 0.717) is 5.03 Å². The summed E-state index contributed by atoms with van der Waals surface area (Å²) in [6.07, 6.45) is 6.26. The number of hydrogen-bond acceptors (Lipinski definition) is 5. The highest BCUT2D eigenvalue weighted by molar-refractivity contribution is 7.90. The van der Waals surface area contributed by atoms with Gasteiger partial charge >= 0.3 is 0 Å². The van der Waals surface area contributed by atoms with Crippen LogP contribution in [0, 0.1) is 0 Å². The van der Waals surface area contributed by atoms with Crippen molar-refractivity contribution in [2.24, 2.45) is 5.73 Å². The van der Waals surface area contributed by atoms with Gasteiger partial charge in [-0.25, -0.2) is 4.68 Å². The lowest BCUT2D eigenvalue weighted by Gasteiger charge is -2.05. The molecule has 0 aliphatic carbocycles. The Morgan fingerprint density at radius 1 is 1.26 bits per heavy atom. The molecule has 0 aliphatic heterocycles. The number of nitrogens with two attached hydrogens (primary N) is 1. The summed E-state index contributed by atoms with van der Waals surface area (Å²) < 4.78 is 1.54. The highest BCUT2D eigenvalue weighted by Gasteiger charge is 2.08. The van der Waals surface area contributed by atoms with E-state index in [9.17, 15) is 9.90 Å². The second-order valence-corrected chi connectivity index (χ2v) is 5.43. The number of fused-ring (bicyclic) bond motifs is 1. The summed E-state index contributed by atoms with van der Waals surface area (Å²) in [6, 6.07) is 7.65. The van der Waals surface area contributed by atoms with Crippen LogP contribution in [0.5, 0.6) is 0 Å². The van der Waals surface area contributed by atoms with Gasteiger partial charge in [-0.1, -0.05) is 6.07 Å². The van der Waals surface area contributed by atoms with Crippen LogP contribution in [0.2, 0.25) is 0 Å². The fraction of sp³-hybridized carbons (Fsp3) is 0.0625. The molecule has 7 heteroatoms. The number of carbonyl (C=O) groups is 1. The molecule has 0 fully saturated rings. The van der Waals surface area contributed by atoms with E-state index in [2.05, 4.69) is 22.7 Å². The number of aliphatic hydroxyl groups is 1. The Balaban J connectivity index is 2.05. The fourth-order valence-corrected chi connectivity index (χ4v) is 2.60. The lowest BCUT2D eigenvalue weighted by atomic mass is 10.0. The molecule has 2 aromatic heterocycles. The number of benzene rings is 1. The first-order valence-electron chi connectivity index (χ1n) is 6.82. The standard InChI is InChI=1S/C16H14N4O2S/c17-15(22)5-16(23)20-14-2-1-11(4-13(14)8-19-20)12-3-10(9-21)6-18-7-12/h1-8,21,23H,9H2,(H2,17,22)/b16-5-. The van der Waals surface area contributed by atoms with Crippen molar-refractivity contribution in [2.75, 3.05) is 0 Å². The van der Waals surface area contributed by atoms with Gasteiger partial charge < -0.3 is 10.8 Å². The second-order valence-electron chi connectivity index (χ2n) is 4.97. The van der Waals surface area contributed by atoms with Crippen LogP contribution < -0.4 is 5.73 Å². The third kappa shape index (κ3) is 3.10. The number of pyridine rings is 1. The Hall–Kier alpha value is -2.64. The van der Waals surface area contributed by atoms with Gasteiger partial charge in [0.1, 0.15) is 5.03 Å². The summed E-state index contributed by atoms with van der Waals surface area (Å²) in [4.78, 5) is 15.1. The van der Waals surface area contributed by atoms with Crippen LogP contribution in [-0.4, -0.2) is 25.8 Å². The Morgan fingerprint density at radius 3 is 2.83 bits per heavy atom. The molecule has 0 saturated carbocycles. The van der Waals surface area contributed by atoms with E-state index in [0.717, 1.165) is 27.6 Å². The molecule has 116 valence electrons. The molecular weight excluding hydrogens is 312 g/mol. The van der Waals surface area contributed by atoms with Crippen molar-refractivity contribution in [2.45, 2.75) is 6.61 Å². The highest BCUT2D eigenvalue weighted by atomic mass is 32.1. The smallest absolute Gasteiger partial charge is 0.244 e. The number of thiol groups is 1. The first kappa shape index (κ1) is 15.3. The number of carbonyl (C=O) groups excluding carboxylic acids is 1. The summed E-state index contributed by atoms with van der Waals surface area (Å²) >= 11 is 4.25. The van der Waals surface area contributed by atoms with E-state index in [1.54, 1.807) is 18.6 Å². The first-order valence-corrected chi connectivity index (χ1v) is 7.26. The van der Waals surface area contributed by atoms with Crippen LogP contribution in [0.25, 0.3) is 27.1 Å². The average molecular weight is 326 g/mol. The number of aliphatic hydroxyl groups excluding tert-OH is 1. The number of nitrogens with zero attached hydrogens (tertiary/aromatic N) is 3. The van der Waals surface area contributed by atoms with Crippen molar-refractivity contribution in [1.82, 2.24) is 14.8 Å². The van der Waals surface area contributed by atoms with Crippen LogP contribution in [0.15, 0.2) is 48.9 Å². The molecule has 1 amide bonds. The molecule has 3 N–H and O–H groups in total. The van der Waals surface area contributed by atoms with Crippen molar-refractivity contribution in [3.63, 3.8) is 0 Å². The maximum Gasteiger partial charge on any atom is 0.244 e. The van der Waals surface area contributed by atoms with Crippen LogP contribution in [0.1, 0.15) is 5.56 Å². The molecule has 0 saturated heterocycles. The van der Waals surface area contributed by atoms with E-state index in [-0.39, 0.29) is 6.61 Å². The normalized spacial score (nSPS) is 11.8. The highest BCUT2D eigenvalue weighted by Crippen LogP contribution is 2.26. The van der Waals surface area contributed by atoms with E-state index < -0.39 is 5.91 Å². The Labute approximate surface area is 137 Å². The third-order valence-electron chi connectivity index (χ3n) is 3.37. The number of hydrogen-bond donors (Lipinski definition) is 3. The van der Waals surface area contributed by atoms with Crippen LogP contribution in [0.3, 0.4) is 0 Å². The maximum absolute atomic E-state index is 11.0. The monoisotopic (exact) mass is 326 g/mol. The van der Waals surface area contributed by atoms with Gasteiger partial charge in [-0.05, 0) is 29.3 Å². The minimum atomic E-state index is -0.581. The van der Waals surface area contributed by atoms with Gasteiger partial charge in [0.15, 0.2) is 0 Å². The molecule has 1 aromatic carbocycles. The van der Waals surface area contributed by atoms with Crippen LogP contribution >= 0.6 is 12.6 Å². The van der Waals surface area contributed by atoms with Crippen LogP contribution in [-0.2, 0) is 11.4 Å². The second kappa shape index (κ2) is 6.23. The zero-order valence-corrected chi connectivity index (χ0v) is 12.9. The minimum absolute atomic E-state index is 0.0536. The van der Waals surface area contributed by atoms with E-state index in [4.69, 9.17) is 5.73 Å². The quantitative estimate of drug-likeness (QED) is 0.503. The topological polar surface area (TPSA) is 94.0 Å². The Morgan fingerprint density at radius 2 is 2.09 bits per heavy atom. The largest absolute Gasteiger partial charge is 0.392 e. The summed E-state index contributed by atoms with van der Waals surface area (Å²) in [7, 11) is 0. The van der Waals surface area contributed by atoms with Gasteiger partial charge in [-0.15, -0.1) is 12.6 Å².